The molecule has 0 spiro atoms. The molecule has 3 nitrogen and oxygen atoms in total. The molecule has 0 fully saturated rings. The zero-order valence-corrected chi connectivity index (χ0v) is 14.0. The molecule has 1 aliphatic heterocycles. The Balaban J connectivity index is 2.09. The van der Waals surface area contributed by atoms with E-state index >= 15 is 0 Å². The predicted molar refractivity (Wildman–Crippen MR) is 96.9 cm³/mol. The van der Waals surface area contributed by atoms with Gasteiger partial charge in [0.1, 0.15) is 0 Å². The summed E-state index contributed by atoms with van der Waals surface area (Å²) >= 11 is 0. The molecule has 2 N–H and O–H groups in total. The van der Waals surface area contributed by atoms with Crippen molar-refractivity contribution in [2.75, 3.05) is 10.6 Å². The quantitative estimate of drug-likeness (QED) is 0.837. The monoisotopic (exact) mass is 308 g/mol. The minimum Gasteiger partial charge on any atom is -0.380 e. The van der Waals surface area contributed by atoms with Gasteiger partial charge in [-0.1, -0.05) is 57.2 Å². The minimum absolute atomic E-state index is 0.0798. The van der Waals surface area contributed by atoms with Crippen LogP contribution in [0.1, 0.15) is 45.1 Å². The summed E-state index contributed by atoms with van der Waals surface area (Å²) in [5, 5.41) is 6.60. The molecule has 0 aromatic heterocycles. The first-order valence-electron chi connectivity index (χ1n) is 8.38. The van der Waals surface area contributed by atoms with Crippen LogP contribution in [0, 0.1) is 0 Å². The first-order valence-corrected chi connectivity index (χ1v) is 8.38. The normalized spacial score (nSPS) is 17.2. The van der Waals surface area contributed by atoms with Crippen LogP contribution in [-0.2, 0) is 4.79 Å². The van der Waals surface area contributed by atoms with Gasteiger partial charge in [0.25, 0.3) is 0 Å². The average molecular weight is 308 g/mol. The Bertz CT molecular complexity index is 721. The number of rotatable bonds is 3. The number of nitrogens with one attached hydrogen (secondary N) is 2. The summed E-state index contributed by atoms with van der Waals surface area (Å²) in [7, 11) is 0. The third-order valence-corrected chi connectivity index (χ3v) is 4.48. The standard InChI is InChI=1S/C20H24N2O/c1-4-16-12-19(23)22-18-10-6-9-17(20(18)21-16)15-8-5-7-14(11-15)13(2)3/h5-11,13,16,21H,4,12H2,1-3H3,(H,22,23)/t16-/m1/s1. The number of anilines is 2. The molecule has 1 heterocycles. The Hall–Kier alpha value is -2.29. The topological polar surface area (TPSA) is 41.1 Å². The molecule has 0 saturated carbocycles. The highest BCUT2D eigenvalue weighted by molar-refractivity contribution is 6.00. The van der Waals surface area contributed by atoms with E-state index < -0.39 is 0 Å². The maximum Gasteiger partial charge on any atom is 0.226 e. The molecule has 0 saturated heterocycles. The lowest BCUT2D eigenvalue weighted by Gasteiger charge is -2.19. The lowest BCUT2D eigenvalue weighted by Crippen LogP contribution is -2.21. The summed E-state index contributed by atoms with van der Waals surface area (Å²) in [4.78, 5) is 12.1. The van der Waals surface area contributed by atoms with Crippen LogP contribution < -0.4 is 10.6 Å². The van der Waals surface area contributed by atoms with Gasteiger partial charge in [0, 0.05) is 18.0 Å². The second-order valence-corrected chi connectivity index (χ2v) is 6.51. The highest BCUT2D eigenvalue weighted by atomic mass is 16.1. The molecule has 0 radical (unpaired) electrons. The second kappa shape index (κ2) is 6.45. The van der Waals surface area contributed by atoms with Crippen molar-refractivity contribution in [3.8, 4) is 11.1 Å². The molecule has 0 bridgehead atoms. The smallest absolute Gasteiger partial charge is 0.226 e. The van der Waals surface area contributed by atoms with Gasteiger partial charge in [0.15, 0.2) is 0 Å². The zero-order valence-electron chi connectivity index (χ0n) is 14.0. The fourth-order valence-corrected chi connectivity index (χ4v) is 3.04. The van der Waals surface area contributed by atoms with Crippen LogP contribution >= 0.6 is 0 Å². The first kappa shape index (κ1) is 15.6. The molecule has 23 heavy (non-hydrogen) atoms. The van der Waals surface area contributed by atoms with Crippen molar-refractivity contribution in [1.29, 1.82) is 0 Å². The van der Waals surface area contributed by atoms with Crippen LogP contribution in [0.2, 0.25) is 0 Å². The van der Waals surface area contributed by atoms with Gasteiger partial charge in [-0.15, -0.1) is 0 Å². The minimum atomic E-state index is 0.0798. The van der Waals surface area contributed by atoms with Crippen molar-refractivity contribution in [1.82, 2.24) is 0 Å². The lowest BCUT2D eigenvalue weighted by molar-refractivity contribution is -0.116. The van der Waals surface area contributed by atoms with Crippen molar-refractivity contribution in [3.05, 3.63) is 48.0 Å². The molecule has 0 unspecified atom stereocenters. The first-order chi connectivity index (χ1) is 11.1. The molecule has 1 atom stereocenters. The molecule has 2 aromatic rings. The van der Waals surface area contributed by atoms with E-state index in [2.05, 4.69) is 61.7 Å². The van der Waals surface area contributed by atoms with Gasteiger partial charge in [0.05, 0.1) is 11.4 Å². The van der Waals surface area contributed by atoms with Crippen molar-refractivity contribution in [2.24, 2.45) is 0 Å². The maximum absolute atomic E-state index is 12.1. The number of hydrogen-bond acceptors (Lipinski definition) is 2. The third-order valence-electron chi connectivity index (χ3n) is 4.48. The van der Waals surface area contributed by atoms with Crippen LogP contribution in [0.3, 0.4) is 0 Å². The Morgan fingerprint density at radius 3 is 2.70 bits per heavy atom. The van der Waals surface area contributed by atoms with Crippen LogP contribution in [-0.4, -0.2) is 11.9 Å². The number of amides is 1. The van der Waals surface area contributed by atoms with Crippen molar-refractivity contribution in [2.45, 2.75) is 45.6 Å². The van der Waals surface area contributed by atoms with Gasteiger partial charge < -0.3 is 10.6 Å². The highest BCUT2D eigenvalue weighted by Crippen LogP contribution is 2.37. The fourth-order valence-electron chi connectivity index (χ4n) is 3.04. The van der Waals surface area contributed by atoms with E-state index in [1.165, 1.54) is 11.1 Å². The summed E-state index contributed by atoms with van der Waals surface area (Å²) in [6, 6.07) is 14.9. The summed E-state index contributed by atoms with van der Waals surface area (Å²) in [6.07, 6.45) is 1.43. The van der Waals surface area contributed by atoms with E-state index in [0.717, 1.165) is 23.4 Å². The lowest BCUT2D eigenvalue weighted by atomic mass is 9.96. The van der Waals surface area contributed by atoms with Crippen LogP contribution in [0.4, 0.5) is 11.4 Å². The molecular formula is C20H24N2O. The summed E-state index contributed by atoms with van der Waals surface area (Å²) in [5.74, 6) is 0.574. The van der Waals surface area contributed by atoms with Gasteiger partial charge in [-0.25, -0.2) is 0 Å². The van der Waals surface area contributed by atoms with Crippen molar-refractivity contribution in [3.63, 3.8) is 0 Å². The van der Waals surface area contributed by atoms with Gasteiger partial charge in [-0.2, -0.15) is 0 Å². The van der Waals surface area contributed by atoms with Gasteiger partial charge in [-0.05, 0) is 29.5 Å². The Morgan fingerprint density at radius 1 is 1.17 bits per heavy atom. The van der Waals surface area contributed by atoms with E-state index in [1.807, 2.05) is 12.1 Å². The Morgan fingerprint density at radius 2 is 1.96 bits per heavy atom. The number of fused-ring (bicyclic) bond motifs is 1. The van der Waals surface area contributed by atoms with E-state index in [9.17, 15) is 4.79 Å². The number of para-hydroxylation sites is 1. The number of carbonyl (C=O) groups is 1. The number of carbonyl (C=O) groups excluding carboxylic acids is 1. The summed E-state index contributed by atoms with van der Waals surface area (Å²) in [6.45, 7) is 6.52. The zero-order chi connectivity index (χ0) is 16.4. The Kier molecular flexibility index (Phi) is 4.37. The van der Waals surface area contributed by atoms with Crippen LogP contribution in [0.5, 0.6) is 0 Å². The third kappa shape index (κ3) is 3.24. The van der Waals surface area contributed by atoms with Crippen LogP contribution in [0.15, 0.2) is 42.5 Å². The predicted octanol–water partition coefficient (Wildman–Crippen LogP) is 5.01. The molecule has 3 heteroatoms. The molecule has 0 aliphatic carbocycles. The average Bonchev–Trinajstić information content (AvgIpc) is 2.72. The number of benzene rings is 2. The molecule has 2 aromatic carbocycles. The van der Waals surface area contributed by atoms with Gasteiger partial charge >= 0.3 is 0 Å². The largest absolute Gasteiger partial charge is 0.380 e. The summed E-state index contributed by atoms with van der Waals surface area (Å²) < 4.78 is 0. The molecular weight excluding hydrogens is 284 g/mol. The molecule has 1 amide bonds. The molecule has 1 aliphatic rings. The second-order valence-electron chi connectivity index (χ2n) is 6.51. The maximum atomic E-state index is 12.1. The molecule has 120 valence electrons. The van der Waals surface area contributed by atoms with E-state index in [1.54, 1.807) is 0 Å². The summed E-state index contributed by atoms with van der Waals surface area (Å²) in [5.41, 5.74) is 5.56. The molecule has 3 rings (SSSR count). The van der Waals surface area contributed by atoms with Crippen LogP contribution in [0.25, 0.3) is 11.1 Å². The van der Waals surface area contributed by atoms with Gasteiger partial charge in [-0.3, -0.25) is 4.79 Å². The highest BCUT2D eigenvalue weighted by Gasteiger charge is 2.21. The Labute approximate surface area is 138 Å². The van der Waals surface area contributed by atoms with E-state index in [0.29, 0.717) is 12.3 Å². The van der Waals surface area contributed by atoms with Crippen molar-refractivity contribution < 1.29 is 4.79 Å². The van der Waals surface area contributed by atoms with E-state index in [-0.39, 0.29) is 11.9 Å². The van der Waals surface area contributed by atoms with Crippen molar-refractivity contribution >= 4 is 17.3 Å². The van der Waals surface area contributed by atoms with Gasteiger partial charge in [0.2, 0.25) is 5.91 Å². The SMILES string of the molecule is CC[C@@H]1CC(=O)Nc2cccc(-c3cccc(C(C)C)c3)c2N1. The fraction of sp³-hybridized carbons (Fsp3) is 0.350. The number of hydrogen-bond donors (Lipinski definition) is 2. The van der Waals surface area contributed by atoms with E-state index in [4.69, 9.17) is 0 Å².